The van der Waals surface area contributed by atoms with Crippen molar-refractivity contribution in [2.24, 2.45) is 5.73 Å². The van der Waals surface area contributed by atoms with E-state index in [1.807, 2.05) is 0 Å². The highest BCUT2D eigenvalue weighted by Gasteiger charge is 2.11. The number of nitrogens with two attached hydrogens (primary N) is 1. The van der Waals surface area contributed by atoms with Crippen molar-refractivity contribution in [1.82, 2.24) is 10.2 Å². The van der Waals surface area contributed by atoms with Gasteiger partial charge in [0.25, 0.3) is 5.91 Å². The Morgan fingerprint density at radius 3 is 2.38 bits per heavy atom. The molecule has 0 saturated carbocycles. The van der Waals surface area contributed by atoms with Gasteiger partial charge in [0.15, 0.2) is 0 Å². The first kappa shape index (κ1) is 24.6. The molecule has 0 unspecified atom stereocenters. The normalized spacial score (nSPS) is 13.9. The predicted octanol–water partition coefficient (Wildman–Crippen LogP) is 1.27. The van der Waals surface area contributed by atoms with Gasteiger partial charge in [-0.15, -0.1) is 24.8 Å². The summed E-state index contributed by atoms with van der Waals surface area (Å²) in [6.45, 7) is 5.26. The van der Waals surface area contributed by atoms with Crippen LogP contribution >= 0.6 is 24.8 Å². The van der Waals surface area contributed by atoms with Crippen molar-refractivity contribution in [2.75, 3.05) is 51.3 Å². The first-order chi connectivity index (χ1) is 11.7. The van der Waals surface area contributed by atoms with Crippen molar-refractivity contribution in [3.05, 3.63) is 29.8 Å². The molecule has 1 aliphatic rings. The molecule has 1 aliphatic heterocycles. The van der Waals surface area contributed by atoms with Crippen molar-refractivity contribution in [3.8, 4) is 0 Å². The first-order valence-corrected chi connectivity index (χ1v) is 8.37. The van der Waals surface area contributed by atoms with Crippen LogP contribution in [0.2, 0.25) is 0 Å². The number of benzene rings is 1. The summed E-state index contributed by atoms with van der Waals surface area (Å²) in [4.78, 5) is 26.0. The Labute approximate surface area is 166 Å². The zero-order chi connectivity index (χ0) is 17.2. The fraction of sp³-hybridized carbons (Fsp3) is 0.529. The van der Waals surface area contributed by atoms with E-state index in [1.54, 1.807) is 24.3 Å². The summed E-state index contributed by atoms with van der Waals surface area (Å²) in [5, 5.41) is 5.70. The zero-order valence-electron chi connectivity index (χ0n) is 14.7. The number of anilines is 1. The Kier molecular flexibility index (Phi) is 13.0. The largest absolute Gasteiger partial charge is 0.379 e. The average molecular weight is 407 g/mol. The number of amides is 2. The molecule has 1 aromatic carbocycles. The molecule has 1 saturated heterocycles. The van der Waals surface area contributed by atoms with Crippen molar-refractivity contribution in [2.45, 2.75) is 12.8 Å². The van der Waals surface area contributed by atoms with E-state index in [2.05, 4.69) is 15.5 Å². The third-order valence-electron chi connectivity index (χ3n) is 3.86. The lowest BCUT2D eigenvalue weighted by atomic mass is 10.2. The van der Waals surface area contributed by atoms with Gasteiger partial charge < -0.3 is 21.1 Å². The lowest BCUT2D eigenvalue weighted by Gasteiger charge is -2.26. The van der Waals surface area contributed by atoms with Gasteiger partial charge in [-0.3, -0.25) is 14.5 Å². The van der Waals surface area contributed by atoms with Crippen LogP contribution in [0.3, 0.4) is 0 Å². The summed E-state index contributed by atoms with van der Waals surface area (Å²) in [7, 11) is 0. The number of morpholine rings is 1. The molecule has 7 nitrogen and oxygen atoms in total. The molecule has 0 radical (unpaired) electrons. The van der Waals surface area contributed by atoms with Crippen LogP contribution in [0.25, 0.3) is 0 Å². The van der Waals surface area contributed by atoms with Crippen molar-refractivity contribution >= 4 is 42.3 Å². The van der Waals surface area contributed by atoms with E-state index in [0.29, 0.717) is 37.2 Å². The number of rotatable bonds is 8. The number of nitrogens with one attached hydrogen (secondary N) is 2. The summed E-state index contributed by atoms with van der Waals surface area (Å²) in [6.07, 6.45) is 1.07. The van der Waals surface area contributed by atoms with E-state index < -0.39 is 0 Å². The second kappa shape index (κ2) is 13.8. The van der Waals surface area contributed by atoms with E-state index in [0.717, 1.165) is 32.8 Å². The molecule has 4 N–H and O–H groups in total. The molecule has 1 heterocycles. The molecule has 0 spiro atoms. The third kappa shape index (κ3) is 8.82. The molecular weight excluding hydrogens is 379 g/mol. The maximum Gasteiger partial charge on any atom is 0.251 e. The number of nitrogens with zero attached hydrogens (tertiary/aromatic N) is 1. The smallest absolute Gasteiger partial charge is 0.251 e. The fourth-order valence-corrected chi connectivity index (χ4v) is 2.45. The Balaban J connectivity index is 0.00000312. The predicted molar refractivity (Wildman–Crippen MR) is 107 cm³/mol. The van der Waals surface area contributed by atoms with Crippen LogP contribution in [0, 0.1) is 0 Å². The van der Waals surface area contributed by atoms with Crippen molar-refractivity contribution in [3.63, 3.8) is 0 Å². The van der Waals surface area contributed by atoms with Gasteiger partial charge in [-0.25, -0.2) is 0 Å². The molecule has 0 aliphatic carbocycles. The number of hydrogen-bond donors (Lipinski definition) is 3. The molecule has 9 heteroatoms. The Bertz CT molecular complexity index is 537. The van der Waals surface area contributed by atoms with Crippen LogP contribution in [0.5, 0.6) is 0 Å². The van der Waals surface area contributed by atoms with Crippen LogP contribution in [0.1, 0.15) is 23.2 Å². The minimum absolute atomic E-state index is 0. The molecule has 0 atom stereocenters. The Morgan fingerprint density at radius 2 is 1.77 bits per heavy atom. The molecule has 0 aromatic heterocycles. The van der Waals surface area contributed by atoms with Gasteiger partial charge >= 0.3 is 0 Å². The number of ether oxygens (including phenoxy) is 1. The third-order valence-corrected chi connectivity index (χ3v) is 3.86. The van der Waals surface area contributed by atoms with Crippen LogP contribution in [0.15, 0.2) is 24.3 Å². The van der Waals surface area contributed by atoms with E-state index >= 15 is 0 Å². The van der Waals surface area contributed by atoms with Gasteiger partial charge in [0.1, 0.15) is 0 Å². The molecule has 148 valence electrons. The van der Waals surface area contributed by atoms with Gasteiger partial charge in [-0.2, -0.15) is 0 Å². The summed E-state index contributed by atoms with van der Waals surface area (Å²) in [5.74, 6) is -0.174. The van der Waals surface area contributed by atoms with Gasteiger partial charge in [-0.05, 0) is 37.2 Å². The van der Waals surface area contributed by atoms with Gasteiger partial charge in [0.2, 0.25) is 5.91 Å². The van der Waals surface area contributed by atoms with E-state index in [9.17, 15) is 9.59 Å². The first-order valence-electron chi connectivity index (χ1n) is 8.37. The van der Waals surface area contributed by atoms with Crippen LogP contribution in [-0.2, 0) is 9.53 Å². The van der Waals surface area contributed by atoms with Gasteiger partial charge in [-0.1, -0.05) is 0 Å². The van der Waals surface area contributed by atoms with Crippen molar-refractivity contribution < 1.29 is 14.3 Å². The van der Waals surface area contributed by atoms with Gasteiger partial charge in [0.05, 0.1) is 13.2 Å². The standard InChI is InChI=1S/C17H26N4O3.2ClH/c18-7-1-2-16(22)20-15-5-3-14(4-6-15)17(23)19-8-9-21-10-12-24-13-11-21;;/h3-6H,1-2,7-13,18H2,(H,19,23)(H,20,22);2*1H. The summed E-state index contributed by atoms with van der Waals surface area (Å²) in [5.41, 5.74) is 6.64. The molecular formula is C17H28Cl2N4O3. The molecule has 1 aromatic rings. The monoisotopic (exact) mass is 406 g/mol. The van der Waals surface area contributed by atoms with E-state index in [-0.39, 0.29) is 36.6 Å². The lowest BCUT2D eigenvalue weighted by molar-refractivity contribution is -0.116. The topological polar surface area (TPSA) is 96.7 Å². The second-order valence-corrected chi connectivity index (χ2v) is 5.73. The fourth-order valence-electron chi connectivity index (χ4n) is 2.45. The molecule has 26 heavy (non-hydrogen) atoms. The summed E-state index contributed by atoms with van der Waals surface area (Å²) < 4.78 is 5.29. The van der Waals surface area contributed by atoms with Gasteiger partial charge in [0, 0.05) is 43.9 Å². The SMILES string of the molecule is Cl.Cl.NCCCC(=O)Nc1ccc(C(=O)NCCN2CCOCC2)cc1. The highest BCUT2D eigenvalue weighted by atomic mass is 35.5. The number of halogens is 2. The Morgan fingerprint density at radius 1 is 1.12 bits per heavy atom. The van der Waals surface area contributed by atoms with E-state index in [4.69, 9.17) is 10.5 Å². The summed E-state index contributed by atoms with van der Waals surface area (Å²) in [6, 6.07) is 6.89. The molecule has 2 amide bonds. The quantitative estimate of drug-likeness (QED) is 0.603. The number of hydrogen-bond acceptors (Lipinski definition) is 5. The second-order valence-electron chi connectivity index (χ2n) is 5.73. The lowest BCUT2D eigenvalue weighted by Crippen LogP contribution is -2.41. The van der Waals surface area contributed by atoms with Crippen LogP contribution < -0.4 is 16.4 Å². The van der Waals surface area contributed by atoms with Crippen LogP contribution in [-0.4, -0.2) is 62.7 Å². The molecule has 1 fully saturated rings. The maximum absolute atomic E-state index is 12.1. The van der Waals surface area contributed by atoms with E-state index in [1.165, 1.54) is 0 Å². The highest BCUT2D eigenvalue weighted by Crippen LogP contribution is 2.10. The summed E-state index contributed by atoms with van der Waals surface area (Å²) >= 11 is 0. The highest BCUT2D eigenvalue weighted by molar-refractivity contribution is 5.95. The van der Waals surface area contributed by atoms with Crippen molar-refractivity contribution in [1.29, 1.82) is 0 Å². The Hall–Kier alpha value is -1.38. The molecule has 0 bridgehead atoms. The minimum atomic E-state index is -0.107. The number of carbonyl (C=O) groups excluding carboxylic acids is 2. The van der Waals surface area contributed by atoms with Crippen LogP contribution in [0.4, 0.5) is 5.69 Å². The molecule has 2 rings (SSSR count). The minimum Gasteiger partial charge on any atom is -0.379 e. The number of carbonyl (C=O) groups is 2. The zero-order valence-corrected chi connectivity index (χ0v) is 16.4. The average Bonchev–Trinajstić information content (AvgIpc) is 2.61. The maximum atomic E-state index is 12.1.